The van der Waals surface area contributed by atoms with E-state index in [1.165, 1.54) is 4.90 Å². The number of carbonyl (C=O) groups is 1. The van der Waals surface area contributed by atoms with Crippen LogP contribution in [0, 0.1) is 0 Å². The molecule has 0 aromatic carbocycles. The molecule has 18 heavy (non-hydrogen) atoms. The van der Waals surface area contributed by atoms with Gasteiger partial charge < -0.3 is 14.6 Å². The zero-order valence-corrected chi connectivity index (χ0v) is 10.7. The summed E-state index contributed by atoms with van der Waals surface area (Å²) in [5.74, 6) is -0.224. The monoisotopic (exact) mass is 253 g/mol. The van der Waals surface area contributed by atoms with Crippen molar-refractivity contribution in [3.05, 3.63) is 34.2 Å². The lowest BCUT2D eigenvalue weighted by atomic mass is 9.93. The van der Waals surface area contributed by atoms with Gasteiger partial charge in [-0.25, -0.2) is 4.79 Å². The van der Waals surface area contributed by atoms with Gasteiger partial charge in [0.25, 0.3) is 0 Å². The molecule has 1 aromatic rings. The van der Waals surface area contributed by atoms with Gasteiger partial charge in [-0.1, -0.05) is 6.04 Å². The molecule has 2 rings (SSSR count). The van der Waals surface area contributed by atoms with Crippen molar-refractivity contribution in [2.24, 2.45) is 0 Å². The van der Waals surface area contributed by atoms with E-state index in [4.69, 9.17) is 8.85 Å². The number of H-pyrrole nitrogens is 1. The molecule has 0 bridgehead atoms. The van der Waals surface area contributed by atoms with E-state index >= 15 is 0 Å². The molecule has 1 aliphatic rings. The Hall–Kier alpha value is -1.78. The summed E-state index contributed by atoms with van der Waals surface area (Å²) in [6.07, 6.45) is -0.595. The Kier molecular flexibility index (Phi) is 2.29. The van der Waals surface area contributed by atoms with E-state index in [2.05, 4.69) is 4.98 Å². The van der Waals surface area contributed by atoms with Crippen molar-refractivity contribution in [2.45, 2.75) is 32.3 Å². The van der Waals surface area contributed by atoms with Crippen LogP contribution in [0.2, 0.25) is 0 Å². The smallest absolute Gasteiger partial charge is 0.410 e. The van der Waals surface area contributed by atoms with Crippen LogP contribution in [0.5, 0.6) is 0 Å². The summed E-state index contributed by atoms with van der Waals surface area (Å²) >= 11 is 0. The maximum atomic E-state index is 11.8. The van der Waals surface area contributed by atoms with Crippen LogP contribution in [0.25, 0.3) is 0 Å². The number of nitrogens with one attached hydrogen (secondary N) is 1. The Balaban J connectivity index is 2.11. The quantitative estimate of drug-likeness (QED) is 0.828. The highest BCUT2D eigenvalue weighted by Crippen LogP contribution is 2.27. The molecule has 1 N–H and O–H groups in total. The molecule has 1 aliphatic heterocycles. The van der Waals surface area contributed by atoms with E-state index in [1.54, 1.807) is 20.8 Å². The standard InChI is InChI=1S/C13H18N2O3/c1-13(2,3)18-12(17)15-7-10(8-15)9-4-5-11(16)14-6-9/h4-6,10H,7-8H2,1-3H3,(H,14,16)/i4D,5D,6D. The van der Waals surface area contributed by atoms with Crippen LogP contribution in [0.3, 0.4) is 0 Å². The first-order chi connectivity index (χ1) is 9.60. The van der Waals surface area contributed by atoms with Crippen molar-refractivity contribution < 1.29 is 13.6 Å². The van der Waals surface area contributed by atoms with E-state index in [9.17, 15) is 9.59 Å². The summed E-state index contributed by atoms with van der Waals surface area (Å²) in [5, 5.41) is 0. The zero-order valence-electron chi connectivity index (χ0n) is 13.7. The van der Waals surface area contributed by atoms with Gasteiger partial charge in [-0.3, -0.25) is 4.79 Å². The summed E-state index contributed by atoms with van der Waals surface area (Å²) < 4.78 is 28.3. The van der Waals surface area contributed by atoms with Gasteiger partial charge in [0, 0.05) is 31.2 Å². The Morgan fingerprint density at radius 3 is 2.78 bits per heavy atom. The number of nitrogens with zero attached hydrogens (tertiary/aromatic N) is 1. The maximum absolute atomic E-state index is 11.8. The minimum atomic E-state index is -0.739. The summed E-state index contributed by atoms with van der Waals surface area (Å²) in [5.41, 5.74) is -1.01. The van der Waals surface area contributed by atoms with Gasteiger partial charge in [-0.05, 0) is 26.3 Å². The number of carbonyl (C=O) groups excluding carboxylic acids is 1. The lowest BCUT2D eigenvalue weighted by Gasteiger charge is -2.39. The summed E-state index contributed by atoms with van der Waals surface area (Å²) in [6.45, 7) is 5.97. The second kappa shape index (κ2) is 4.48. The molecule has 0 unspecified atom stereocenters. The summed E-state index contributed by atoms with van der Waals surface area (Å²) in [7, 11) is 0. The predicted molar refractivity (Wildman–Crippen MR) is 67.6 cm³/mol. The number of aromatic nitrogens is 1. The number of pyridine rings is 1. The van der Waals surface area contributed by atoms with Crippen molar-refractivity contribution in [3.63, 3.8) is 0 Å². The van der Waals surface area contributed by atoms with Gasteiger partial charge >= 0.3 is 6.09 Å². The van der Waals surface area contributed by atoms with Crippen LogP contribution in [0.4, 0.5) is 4.79 Å². The lowest BCUT2D eigenvalue weighted by Crippen LogP contribution is -2.50. The molecule has 0 atom stereocenters. The predicted octanol–water partition coefficient (Wildman–Crippen LogP) is 1.71. The molecule has 98 valence electrons. The molecular formula is C13H18N2O3. The van der Waals surface area contributed by atoms with Crippen LogP contribution in [0.15, 0.2) is 23.1 Å². The fourth-order valence-corrected chi connectivity index (χ4v) is 1.65. The molecule has 1 fully saturated rings. The van der Waals surface area contributed by atoms with Gasteiger partial charge in [-0.15, -0.1) is 0 Å². The van der Waals surface area contributed by atoms with Crippen molar-refractivity contribution in [3.8, 4) is 0 Å². The minimum Gasteiger partial charge on any atom is -0.444 e. The molecular weight excluding hydrogens is 232 g/mol. The lowest BCUT2D eigenvalue weighted by molar-refractivity contribution is 0.00817. The maximum Gasteiger partial charge on any atom is 0.410 e. The molecule has 5 heteroatoms. The fraction of sp³-hybridized carbons (Fsp3) is 0.538. The van der Waals surface area contributed by atoms with Crippen LogP contribution < -0.4 is 5.56 Å². The molecule has 0 aliphatic carbocycles. The number of aromatic amines is 1. The Morgan fingerprint density at radius 2 is 2.17 bits per heavy atom. The number of amides is 1. The second-order valence-corrected chi connectivity index (χ2v) is 5.33. The van der Waals surface area contributed by atoms with Crippen molar-refractivity contribution in [1.29, 1.82) is 0 Å². The largest absolute Gasteiger partial charge is 0.444 e. The van der Waals surface area contributed by atoms with Gasteiger partial charge in [0.05, 0.1) is 4.11 Å². The fourth-order valence-electron chi connectivity index (χ4n) is 1.65. The average molecular weight is 253 g/mol. The number of likely N-dealkylation sites (tertiary alicyclic amines) is 1. The van der Waals surface area contributed by atoms with Gasteiger partial charge in [0.15, 0.2) is 0 Å². The van der Waals surface area contributed by atoms with Gasteiger partial charge in [0.1, 0.15) is 5.60 Å². The van der Waals surface area contributed by atoms with Crippen LogP contribution in [-0.2, 0) is 4.74 Å². The number of rotatable bonds is 1. The van der Waals surface area contributed by atoms with E-state index in [-0.39, 0.29) is 18.1 Å². The minimum absolute atomic E-state index is 0.158. The molecule has 0 saturated carbocycles. The second-order valence-electron chi connectivity index (χ2n) is 5.33. The van der Waals surface area contributed by atoms with Gasteiger partial charge in [-0.2, -0.15) is 0 Å². The van der Waals surface area contributed by atoms with Crippen LogP contribution in [-0.4, -0.2) is 34.7 Å². The SMILES string of the molecule is [2H]c1[nH]c(=O)c([2H])c([2H])c1C1CN(C(=O)OC(C)(C)C)C1. The Bertz CT molecular complexity index is 631. The normalized spacial score (nSPS) is 18.6. The first-order valence-electron chi connectivity index (χ1n) is 7.28. The van der Waals surface area contributed by atoms with Crippen molar-refractivity contribution in [2.75, 3.05) is 13.1 Å². The molecule has 1 amide bonds. The molecule has 5 nitrogen and oxygen atoms in total. The van der Waals surface area contributed by atoms with Crippen LogP contribution in [0.1, 0.15) is 36.4 Å². The Labute approximate surface area is 110 Å². The third kappa shape index (κ3) is 2.91. The zero-order chi connectivity index (χ0) is 15.9. The molecule has 1 saturated heterocycles. The topological polar surface area (TPSA) is 62.4 Å². The van der Waals surface area contributed by atoms with E-state index < -0.39 is 23.3 Å². The Morgan fingerprint density at radius 1 is 1.50 bits per heavy atom. The third-order valence-corrected chi connectivity index (χ3v) is 2.56. The summed E-state index contributed by atoms with van der Waals surface area (Å²) in [6, 6.07) is -0.686. The highest BCUT2D eigenvalue weighted by atomic mass is 16.6. The van der Waals surface area contributed by atoms with Crippen molar-refractivity contribution in [1.82, 2.24) is 9.88 Å². The first-order valence-corrected chi connectivity index (χ1v) is 5.78. The molecule has 1 aromatic heterocycles. The molecule has 0 radical (unpaired) electrons. The molecule has 0 spiro atoms. The van der Waals surface area contributed by atoms with E-state index in [0.717, 1.165) is 0 Å². The van der Waals surface area contributed by atoms with E-state index in [1.807, 2.05) is 0 Å². The first kappa shape index (κ1) is 9.19. The van der Waals surface area contributed by atoms with E-state index in [0.29, 0.717) is 18.7 Å². The number of ether oxygens (including phenoxy) is 1. The molecule has 2 heterocycles. The number of hydrogen-bond acceptors (Lipinski definition) is 3. The highest BCUT2D eigenvalue weighted by Gasteiger charge is 2.34. The highest BCUT2D eigenvalue weighted by molar-refractivity contribution is 5.69. The average Bonchev–Trinajstić information content (AvgIpc) is 2.26. The third-order valence-electron chi connectivity index (χ3n) is 2.56. The van der Waals surface area contributed by atoms with Gasteiger partial charge in [0.2, 0.25) is 5.56 Å². The summed E-state index contributed by atoms with van der Waals surface area (Å²) in [4.78, 5) is 26.9. The van der Waals surface area contributed by atoms with Crippen molar-refractivity contribution >= 4 is 6.09 Å². The van der Waals surface area contributed by atoms with Crippen LogP contribution >= 0.6 is 0 Å². The number of hydrogen-bond donors (Lipinski definition) is 1.